The molecule has 25 heavy (non-hydrogen) atoms. The van der Waals surface area contributed by atoms with Crippen molar-refractivity contribution < 1.29 is 14.6 Å². The van der Waals surface area contributed by atoms with Crippen LogP contribution in [0.1, 0.15) is 10.4 Å². The Morgan fingerprint density at radius 2 is 2.00 bits per heavy atom. The molecule has 0 bridgehead atoms. The summed E-state index contributed by atoms with van der Waals surface area (Å²) in [6.45, 7) is 0. The van der Waals surface area contributed by atoms with E-state index in [1.54, 1.807) is 13.3 Å². The van der Waals surface area contributed by atoms with Crippen LogP contribution in [0.2, 0.25) is 0 Å². The van der Waals surface area contributed by atoms with E-state index in [1.807, 2.05) is 36.4 Å². The molecule has 7 heteroatoms. The fourth-order valence-electron chi connectivity index (χ4n) is 2.99. The minimum atomic E-state index is -1.10. The number of rotatable bonds is 3. The van der Waals surface area contributed by atoms with E-state index < -0.39 is 5.97 Å². The van der Waals surface area contributed by atoms with Crippen LogP contribution in [0.15, 0.2) is 48.8 Å². The molecule has 0 amide bonds. The Morgan fingerprint density at radius 1 is 1.20 bits per heavy atom. The van der Waals surface area contributed by atoms with Gasteiger partial charge in [0.05, 0.1) is 13.3 Å². The summed E-state index contributed by atoms with van der Waals surface area (Å²) in [4.78, 5) is 15.5. The molecule has 2 aromatic carbocycles. The van der Waals surface area contributed by atoms with Crippen molar-refractivity contribution in [3.63, 3.8) is 0 Å². The number of ether oxygens (including phenoxy) is 1. The predicted molar refractivity (Wildman–Crippen MR) is 93.9 cm³/mol. The molecule has 0 saturated carbocycles. The van der Waals surface area contributed by atoms with E-state index in [1.165, 1.54) is 10.7 Å². The highest BCUT2D eigenvalue weighted by atomic mass is 16.5. The highest BCUT2D eigenvalue weighted by molar-refractivity contribution is 6.02. The number of aromatic carboxylic acids is 1. The van der Waals surface area contributed by atoms with Crippen LogP contribution < -0.4 is 10.5 Å². The number of anilines is 1. The number of nitrogens with two attached hydrogens (primary N) is 1. The second kappa shape index (κ2) is 5.48. The average molecular weight is 334 g/mol. The maximum atomic E-state index is 11.3. The van der Waals surface area contributed by atoms with Crippen LogP contribution in [0.4, 0.5) is 5.82 Å². The molecule has 124 valence electrons. The number of hydrogen-bond donors (Lipinski definition) is 2. The molecule has 0 spiro atoms. The Labute approximate surface area is 142 Å². The third kappa shape index (κ3) is 2.17. The van der Waals surface area contributed by atoms with Crippen LogP contribution in [-0.4, -0.2) is 32.8 Å². The lowest BCUT2D eigenvalue weighted by Gasteiger charge is -2.14. The van der Waals surface area contributed by atoms with Gasteiger partial charge in [-0.15, -0.1) is 0 Å². The summed E-state index contributed by atoms with van der Waals surface area (Å²) in [7, 11) is 1.59. The van der Waals surface area contributed by atoms with Gasteiger partial charge < -0.3 is 15.6 Å². The summed E-state index contributed by atoms with van der Waals surface area (Å²) in [5.41, 5.74) is 7.91. The first-order valence-corrected chi connectivity index (χ1v) is 7.53. The highest BCUT2D eigenvalue weighted by Crippen LogP contribution is 2.39. The Kier molecular flexibility index (Phi) is 3.28. The molecule has 0 fully saturated rings. The zero-order valence-electron chi connectivity index (χ0n) is 13.3. The molecule has 0 atom stereocenters. The summed E-state index contributed by atoms with van der Waals surface area (Å²) in [6, 6.07) is 11.7. The van der Waals surface area contributed by atoms with E-state index in [9.17, 15) is 9.90 Å². The van der Waals surface area contributed by atoms with Gasteiger partial charge in [-0.05, 0) is 16.8 Å². The molecule has 3 N–H and O–H groups in total. The van der Waals surface area contributed by atoms with Crippen molar-refractivity contribution in [2.45, 2.75) is 0 Å². The molecule has 2 aromatic heterocycles. The van der Waals surface area contributed by atoms with Crippen molar-refractivity contribution in [3.8, 4) is 16.9 Å². The Balaban J connectivity index is 2.07. The minimum Gasteiger partial charge on any atom is -0.496 e. The quantitative estimate of drug-likeness (QED) is 0.597. The van der Waals surface area contributed by atoms with Gasteiger partial charge in [-0.1, -0.05) is 30.3 Å². The fourth-order valence-corrected chi connectivity index (χ4v) is 2.99. The third-order valence-electron chi connectivity index (χ3n) is 4.17. The smallest absolute Gasteiger partial charge is 0.341 e. The van der Waals surface area contributed by atoms with Crippen LogP contribution in [0.5, 0.6) is 5.75 Å². The van der Waals surface area contributed by atoms with Crippen molar-refractivity contribution in [1.29, 1.82) is 0 Å². The minimum absolute atomic E-state index is 0.00290. The first kappa shape index (κ1) is 14.9. The highest BCUT2D eigenvalue weighted by Gasteiger charge is 2.19. The number of aromatic nitrogens is 3. The van der Waals surface area contributed by atoms with Crippen LogP contribution in [-0.2, 0) is 0 Å². The standard InChI is InChI=1S/C18H14N4O3/c1-25-14-7-6-10-4-2-3-5-11(10)15(14)12-8-20-17-13(18(23)24)9-21-22(17)16(12)19/h2-9H,19H2,1H3,(H,23,24). The third-order valence-corrected chi connectivity index (χ3v) is 4.17. The van der Waals surface area contributed by atoms with E-state index in [0.717, 1.165) is 16.3 Å². The second-order valence-electron chi connectivity index (χ2n) is 5.52. The van der Waals surface area contributed by atoms with Gasteiger partial charge in [0.2, 0.25) is 0 Å². The summed E-state index contributed by atoms with van der Waals surface area (Å²) in [6.07, 6.45) is 2.80. The lowest BCUT2D eigenvalue weighted by molar-refractivity contribution is 0.0699. The Bertz CT molecular complexity index is 1130. The lowest BCUT2D eigenvalue weighted by Crippen LogP contribution is -2.05. The number of fused-ring (bicyclic) bond motifs is 2. The topological polar surface area (TPSA) is 103 Å². The van der Waals surface area contributed by atoms with Crippen molar-refractivity contribution in [2.75, 3.05) is 12.8 Å². The molecule has 0 aliphatic rings. The van der Waals surface area contributed by atoms with Crippen LogP contribution >= 0.6 is 0 Å². The molecule has 0 aliphatic carbocycles. The lowest BCUT2D eigenvalue weighted by atomic mass is 9.98. The number of hydrogen-bond acceptors (Lipinski definition) is 5. The van der Waals surface area contributed by atoms with E-state index in [0.29, 0.717) is 17.1 Å². The van der Waals surface area contributed by atoms with E-state index in [-0.39, 0.29) is 11.2 Å². The van der Waals surface area contributed by atoms with Gasteiger partial charge in [0.1, 0.15) is 17.1 Å². The molecule has 0 unspecified atom stereocenters. The SMILES string of the molecule is COc1ccc2ccccc2c1-c1cnc2c(C(=O)O)cnn2c1N. The summed E-state index contributed by atoms with van der Waals surface area (Å²) >= 11 is 0. The van der Waals surface area contributed by atoms with E-state index in [2.05, 4.69) is 10.1 Å². The first-order valence-electron chi connectivity index (χ1n) is 7.53. The van der Waals surface area contributed by atoms with Gasteiger partial charge in [0.25, 0.3) is 0 Å². The number of carbonyl (C=O) groups is 1. The van der Waals surface area contributed by atoms with E-state index >= 15 is 0 Å². The fraction of sp³-hybridized carbons (Fsp3) is 0.0556. The van der Waals surface area contributed by atoms with Crippen molar-refractivity contribution in [3.05, 3.63) is 54.4 Å². The van der Waals surface area contributed by atoms with Crippen molar-refractivity contribution >= 4 is 28.2 Å². The summed E-state index contributed by atoms with van der Waals surface area (Å²) in [5.74, 6) is -0.151. The first-order chi connectivity index (χ1) is 12.1. The van der Waals surface area contributed by atoms with Crippen LogP contribution in [0.3, 0.4) is 0 Å². The summed E-state index contributed by atoms with van der Waals surface area (Å²) in [5, 5.41) is 15.3. The normalized spacial score (nSPS) is 11.1. The van der Waals surface area contributed by atoms with Crippen molar-refractivity contribution in [2.24, 2.45) is 0 Å². The van der Waals surface area contributed by atoms with Crippen molar-refractivity contribution in [1.82, 2.24) is 14.6 Å². The van der Waals surface area contributed by atoms with Gasteiger partial charge in [0.15, 0.2) is 5.65 Å². The van der Waals surface area contributed by atoms with Gasteiger partial charge in [-0.3, -0.25) is 0 Å². The Morgan fingerprint density at radius 3 is 2.76 bits per heavy atom. The van der Waals surface area contributed by atoms with Gasteiger partial charge in [-0.25, -0.2) is 9.78 Å². The largest absolute Gasteiger partial charge is 0.496 e. The number of carboxylic acids is 1. The number of carboxylic acid groups (broad SMARTS) is 1. The number of benzene rings is 2. The molecule has 0 radical (unpaired) electrons. The molecule has 0 saturated heterocycles. The second-order valence-corrected chi connectivity index (χ2v) is 5.52. The van der Waals surface area contributed by atoms with Gasteiger partial charge >= 0.3 is 5.97 Å². The summed E-state index contributed by atoms with van der Waals surface area (Å²) < 4.78 is 6.84. The molecule has 2 heterocycles. The molecule has 7 nitrogen and oxygen atoms in total. The molecule has 4 rings (SSSR count). The zero-order chi connectivity index (χ0) is 17.6. The molecule has 4 aromatic rings. The van der Waals surface area contributed by atoms with Gasteiger partial charge in [-0.2, -0.15) is 9.61 Å². The van der Waals surface area contributed by atoms with Crippen LogP contribution in [0.25, 0.3) is 27.5 Å². The maximum absolute atomic E-state index is 11.3. The van der Waals surface area contributed by atoms with E-state index in [4.69, 9.17) is 10.5 Å². The molecular formula is C18H14N4O3. The number of nitrogens with zero attached hydrogens (tertiary/aromatic N) is 3. The maximum Gasteiger partial charge on any atom is 0.341 e. The number of methoxy groups -OCH3 is 1. The predicted octanol–water partition coefficient (Wildman–Crippen LogP) is 2.84. The Hall–Kier alpha value is -3.61. The average Bonchev–Trinajstić information content (AvgIpc) is 3.06. The molecular weight excluding hydrogens is 320 g/mol. The number of nitrogen functional groups attached to an aromatic ring is 1. The van der Waals surface area contributed by atoms with Gasteiger partial charge in [0, 0.05) is 17.3 Å². The monoisotopic (exact) mass is 334 g/mol. The van der Waals surface area contributed by atoms with Crippen LogP contribution in [0, 0.1) is 0 Å². The zero-order valence-corrected chi connectivity index (χ0v) is 13.3. The molecule has 0 aliphatic heterocycles.